The largest absolute Gasteiger partial charge is 0.467 e. The molecule has 1 unspecified atom stereocenters. The smallest absolute Gasteiger partial charge is 0.325 e. The fourth-order valence-electron chi connectivity index (χ4n) is 3.73. The van der Waals surface area contributed by atoms with Crippen molar-refractivity contribution < 1.29 is 18.7 Å². The van der Waals surface area contributed by atoms with Crippen LogP contribution < -0.4 is 10.2 Å². The molecule has 3 aromatic rings. The van der Waals surface area contributed by atoms with Crippen LogP contribution in [0.1, 0.15) is 34.2 Å². The van der Waals surface area contributed by atoms with Crippen LogP contribution in [0.2, 0.25) is 0 Å². The Labute approximate surface area is 175 Å². The van der Waals surface area contributed by atoms with Gasteiger partial charge in [0.2, 0.25) is 0 Å². The van der Waals surface area contributed by atoms with Crippen molar-refractivity contribution in [2.24, 2.45) is 0 Å². The molecule has 0 aliphatic carbocycles. The van der Waals surface area contributed by atoms with Gasteiger partial charge in [0.15, 0.2) is 0 Å². The van der Waals surface area contributed by atoms with Crippen LogP contribution >= 0.6 is 0 Å². The van der Waals surface area contributed by atoms with Crippen molar-refractivity contribution in [1.29, 1.82) is 0 Å². The van der Waals surface area contributed by atoms with E-state index in [1.54, 1.807) is 6.07 Å². The molecular weight excluding hydrogens is 380 g/mol. The molecule has 6 nitrogen and oxygen atoms in total. The number of fused-ring (bicyclic) bond motifs is 1. The molecule has 1 aliphatic rings. The fraction of sp³-hybridized carbons (Fsp3) is 0.250. The lowest BCUT2D eigenvalue weighted by atomic mass is 10.1. The van der Waals surface area contributed by atoms with E-state index in [1.807, 2.05) is 42.5 Å². The van der Waals surface area contributed by atoms with Crippen molar-refractivity contribution >= 4 is 17.6 Å². The van der Waals surface area contributed by atoms with E-state index >= 15 is 0 Å². The van der Waals surface area contributed by atoms with E-state index in [9.17, 15) is 9.59 Å². The van der Waals surface area contributed by atoms with E-state index in [2.05, 4.69) is 29.3 Å². The molecule has 154 valence electrons. The lowest BCUT2D eigenvalue weighted by molar-refractivity contribution is -0.143. The second kappa shape index (κ2) is 8.86. The minimum absolute atomic E-state index is 0.179. The first-order chi connectivity index (χ1) is 14.6. The molecular formula is C24H24N2O4. The number of hydrogen-bond acceptors (Lipinski definition) is 5. The van der Waals surface area contributed by atoms with Gasteiger partial charge in [0.05, 0.1) is 18.4 Å². The minimum atomic E-state index is -0.487. The Morgan fingerprint density at radius 1 is 1.10 bits per heavy atom. The molecule has 0 saturated heterocycles. The first-order valence-electron chi connectivity index (χ1n) is 10.0. The van der Waals surface area contributed by atoms with Crippen molar-refractivity contribution in [3.8, 4) is 0 Å². The summed E-state index contributed by atoms with van der Waals surface area (Å²) < 4.78 is 10.8. The number of rotatable bonds is 7. The Balaban J connectivity index is 1.34. The first kappa shape index (κ1) is 19.8. The van der Waals surface area contributed by atoms with Gasteiger partial charge in [-0.15, -0.1) is 0 Å². The summed E-state index contributed by atoms with van der Waals surface area (Å²) in [5, 5.41) is 2.62. The number of hydrogen-bond donors (Lipinski definition) is 1. The van der Waals surface area contributed by atoms with E-state index in [-0.39, 0.29) is 19.1 Å². The molecule has 2 heterocycles. The Bertz CT molecular complexity index is 1030. The SMILES string of the molecule is CC1Cc2ccccc2N1Cc1occc1C(=O)NCC(=O)OCc1ccccc1. The van der Waals surface area contributed by atoms with Crippen LogP contribution in [0.5, 0.6) is 0 Å². The summed E-state index contributed by atoms with van der Waals surface area (Å²) in [7, 11) is 0. The van der Waals surface area contributed by atoms with Gasteiger partial charge in [-0.2, -0.15) is 0 Å². The second-order valence-corrected chi connectivity index (χ2v) is 7.40. The van der Waals surface area contributed by atoms with Crippen LogP contribution in [0.3, 0.4) is 0 Å². The maximum atomic E-state index is 12.6. The molecule has 6 heteroatoms. The van der Waals surface area contributed by atoms with Crippen molar-refractivity contribution in [3.05, 3.63) is 89.4 Å². The molecule has 1 aliphatic heterocycles. The van der Waals surface area contributed by atoms with Gasteiger partial charge in [-0.25, -0.2) is 0 Å². The summed E-state index contributed by atoms with van der Waals surface area (Å²) in [6, 6.07) is 19.6. The lowest BCUT2D eigenvalue weighted by Gasteiger charge is -2.24. The van der Waals surface area contributed by atoms with Gasteiger partial charge in [0.25, 0.3) is 5.91 Å². The predicted octanol–water partition coefficient (Wildman–Crippen LogP) is 3.70. The number of amides is 1. The average Bonchev–Trinajstić information content (AvgIpc) is 3.36. The topological polar surface area (TPSA) is 71.8 Å². The summed E-state index contributed by atoms with van der Waals surface area (Å²) >= 11 is 0. The zero-order chi connectivity index (χ0) is 20.9. The molecule has 0 spiro atoms. The van der Waals surface area contributed by atoms with E-state index in [0.717, 1.165) is 17.7 Å². The van der Waals surface area contributed by atoms with Crippen LogP contribution in [-0.2, 0) is 29.1 Å². The normalized spacial score (nSPS) is 15.0. The highest BCUT2D eigenvalue weighted by Crippen LogP contribution is 2.33. The molecule has 30 heavy (non-hydrogen) atoms. The quantitative estimate of drug-likeness (QED) is 0.608. The third kappa shape index (κ3) is 4.38. The van der Waals surface area contributed by atoms with Gasteiger partial charge in [-0.05, 0) is 36.6 Å². The number of benzene rings is 2. The number of nitrogens with zero attached hydrogens (tertiary/aromatic N) is 1. The number of anilines is 1. The maximum absolute atomic E-state index is 12.6. The van der Waals surface area contributed by atoms with Crippen molar-refractivity contribution in [2.75, 3.05) is 11.4 Å². The zero-order valence-electron chi connectivity index (χ0n) is 16.8. The number of esters is 1. The van der Waals surface area contributed by atoms with Gasteiger partial charge < -0.3 is 19.4 Å². The van der Waals surface area contributed by atoms with E-state index in [1.165, 1.54) is 11.8 Å². The summed E-state index contributed by atoms with van der Waals surface area (Å²) in [4.78, 5) is 26.8. The molecule has 1 N–H and O–H groups in total. The van der Waals surface area contributed by atoms with Gasteiger partial charge in [0.1, 0.15) is 18.9 Å². The highest BCUT2D eigenvalue weighted by molar-refractivity contribution is 5.96. The zero-order valence-corrected chi connectivity index (χ0v) is 16.8. The van der Waals surface area contributed by atoms with E-state index < -0.39 is 5.97 Å². The molecule has 0 radical (unpaired) electrons. The van der Waals surface area contributed by atoms with Gasteiger partial charge in [0, 0.05) is 11.7 Å². The van der Waals surface area contributed by atoms with Crippen LogP contribution in [0.4, 0.5) is 5.69 Å². The van der Waals surface area contributed by atoms with Crippen LogP contribution in [0.25, 0.3) is 0 Å². The Morgan fingerprint density at radius 2 is 1.87 bits per heavy atom. The van der Waals surface area contributed by atoms with Gasteiger partial charge in [-0.1, -0.05) is 48.5 Å². The number of carbonyl (C=O) groups is 2. The number of carbonyl (C=O) groups excluding carboxylic acids is 2. The van der Waals surface area contributed by atoms with Crippen molar-refractivity contribution in [1.82, 2.24) is 5.32 Å². The molecule has 0 bridgehead atoms. The molecule has 0 fully saturated rings. The van der Waals surface area contributed by atoms with Gasteiger partial charge in [-0.3, -0.25) is 9.59 Å². The van der Waals surface area contributed by atoms with Crippen LogP contribution in [0.15, 0.2) is 71.3 Å². The second-order valence-electron chi connectivity index (χ2n) is 7.40. The predicted molar refractivity (Wildman–Crippen MR) is 113 cm³/mol. The lowest BCUT2D eigenvalue weighted by Crippen LogP contribution is -2.32. The molecule has 0 saturated carbocycles. The first-order valence-corrected chi connectivity index (χ1v) is 10.0. The molecule has 2 aromatic carbocycles. The Hall–Kier alpha value is -3.54. The van der Waals surface area contributed by atoms with E-state index in [0.29, 0.717) is 23.9 Å². The Morgan fingerprint density at radius 3 is 2.70 bits per heavy atom. The number of ether oxygens (including phenoxy) is 1. The van der Waals surface area contributed by atoms with Gasteiger partial charge >= 0.3 is 5.97 Å². The van der Waals surface area contributed by atoms with Crippen molar-refractivity contribution in [2.45, 2.75) is 32.5 Å². The van der Waals surface area contributed by atoms with Crippen molar-refractivity contribution in [3.63, 3.8) is 0 Å². The molecule has 1 aromatic heterocycles. The van der Waals surface area contributed by atoms with Crippen LogP contribution in [-0.4, -0.2) is 24.5 Å². The highest BCUT2D eigenvalue weighted by atomic mass is 16.5. The molecule has 1 atom stereocenters. The van der Waals surface area contributed by atoms with E-state index in [4.69, 9.17) is 9.15 Å². The summed E-state index contributed by atoms with van der Waals surface area (Å²) in [6.07, 6.45) is 2.47. The Kier molecular flexibility index (Phi) is 5.84. The number of furan rings is 1. The molecule has 4 rings (SSSR count). The fourth-order valence-corrected chi connectivity index (χ4v) is 3.73. The summed E-state index contributed by atoms with van der Waals surface area (Å²) in [5.41, 5.74) is 3.79. The minimum Gasteiger partial charge on any atom is -0.467 e. The maximum Gasteiger partial charge on any atom is 0.325 e. The third-order valence-electron chi connectivity index (χ3n) is 5.29. The summed E-state index contributed by atoms with van der Waals surface area (Å²) in [5.74, 6) is -0.261. The van der Waals surface area contributed by atoms with Crippen LogP contribution in [0, 0.1) is 0 Å². The standard InChI is InChI=1S/C24H24N2O4/c1-17-13-19-9-5-6-10-21(19)26(17)15-22-20(11-12-29-22)24(28)25-14-23(27)30-16-18-7-3-2-4-8-18/h2-12,17H,13-16H2,1H3,(H,25,28). The average molecular weight is 404 g/mol. The summed E-state index contributed by atoms with van der Waals surface area (Å²) in [6.45, 7) is 2.63. The highest BCUT2D eigenvalue weighted by Gasteiger charge is 2.28. The monoisotopic (exact) mass is 404 g/mol. The number of para-hydroxylation sites is 1. The number of nitrogens with one attached hydrogen (secondary N) is 1. The third-order valence-corrected chi connectivity index (χ3v) is 5.29. The molecule has 1 amide bonds.